The summed E-state index contributed by atoms with van der Waals surface area (Å²) in [5.74, 6) is -0.218. The molecule has 160 valence electrons. The molecule has 0 aliphatic rings. The highest BCUT2D eigenvalue weighted by molar-refractivity contribution is 7.90. The van der Waals surface area contributed by atoms with Crippen molar-refractivity contribution < 1.29 is 13.2 Å². The van der Waals surface area contributed by atoms with E-state index in [2.05, 4.69) is 20.8 Å². The first-order valence-electron chi connectivity index (χ1n) is 9.96. The summed E-state index contributed by atoms with van der Waals surface area (Å²) in [7, 11) is -3.89. The van der Waals surface area contributed by atoms with E-state index in [9.17, 15) is 13.2 Å². The average Bonchev–Trinajstić information content (AvgIpc) is 3.07. The zero-order chi connectivity index (χ0) is 22.3. The molecule has 0 spiro atoms. The molecule has 1 amide bonds. The molecule has 7 heteroatoms. The van der Waals surface area contributed by atoms with Gasteiger partial charge in [-0.05, 0) is 55.2 Å². The van der Waals surface area contributed by atoms with Crippen LogP contribution in [0.4, 0.5) is 0 Å². The zero-order valence-electron chi connectivity index (χ0n) is 17.9. The number of hydrogen-bond donors (Lipinski definition) is 0. The number of aromatic nitrogens is 1. The molecule has 0 fully saturated rings. The van der Waals surface area contributed by atoms with E-state index in [4.69, 9.17) is 11.6 Å². The first kappa shape index (κ1) is 22.4. The van der Waals surface area contributed by atoms with E-state index < -0.39 is 10.0 Å². The van der Waals surface area contributed by atoms with Crippen LogP contribution in [0.25, 0.3) is 10.9 Å². The van der Waals surface area contributed by atoms with Crippen LogP contribution in [0.1, 0.15) is 50.5 Å². The molecule has 0 unspecified atom stereocenters. The van der Waals surface area contributed by atoms with Crippen LogP contribution in [0, 0.1) is 0 Å². The Labute approximate surface area is 183 Å². The van der Waals surface area contributed by atoms with Crippen molar-refractivity contribution in [1.29, 1.82) is 0 Å². The predicted molar refractivity (Wildman–Crippen MR) is 122 cm³/mol. The Bertz CT molecular complexity index is 1190. The summed E-state index contributed by atoms with van der Waals surface area (Å²) < 4.78 is 28.1. The van der Waals surface area contributed by atoms with Crippen molar-refractivity contribution in [3.05, 3.63) is 64.8 Å². The Hall–Kier alpha value is -2.31. The van der Waals surface area contributed by atoms with Crippen LogP contribution in [0.5, 0.6) is 0 Å². The van der Waals surface area contributed by atoms with E-state index in [1.165, 1.54) is 10.2 Å². The SMILES string of the molecule is CCN(CC)C(=O)c1cn(S(=O)(=O)c2ccc(C(C)(C)C)cc2)c2ccc(Cl)cc12. The summed E-state index contributed by atoms with van der Waals surface area (Å²) in [6.45, 7) is 11.1. The Morgan fingerprint density at radius 2 is 1.63 bits per heavy atom. The van der Waals surface area contributed by atoms with Gasteiger partial charge in [0.25, 0.3) is 15.9 Å². The third-order valence-electron chi connectivity index (χ3n) is 5.29. The van der Waals surface area contributed by atoms with Crippen molar-refractivity contribution in [1.82, 2.24) is 8.87 Å². The fourth-order valence-corrected chi connectivity index (χ4v) is 5.01. The van der Waals surface area contributed by atoms with Crippen molar-refractivity contribution in [2.24, 2.45) is 0 Å². The molecule has 3 rings (SSSR count). The molecule has 1 heterocycles. The molecule has 0 saturated heterocycles. The fraction of sp³-hybridized carbons (Fsp3) is 0.348. The van der Waals surface area contributed by atoms with Gasteiger partial charge in [0, 0.05) is 29.7 Å². The number of carbonyl (C=O) groups is 1. The van der Waals surface area contributed by atoms with Crippen LogP contribution in [-0.2, 0) is 15.4 Å². The molecule has 0 aliphatic heterocycles. The predicted octanol–water partition coefficient (Wildman–Crippen LogP) is 5.31. The zero-order valence-corrected chi connectivity index (χ0v) is 19.5. The van der Waals surface area contributed by atoms with E-state index in [1.54, 1.807) is 35.2 Å². The quantitative estimate of drug-likeness (QED) is 0.533. The van der Waals surface area contributed by atoms with Gasteiger partial charge >= 0.3 is 0 Å². The van der Waals surface area contributed by atoms with Gasteiger partial charge in [-0.3, -0.25) is 4.79 Å². The number of nitrogens with zero attached hydrogens (tertiary/aromatic N) is 2. The minimum absolute atomic E-state index is 0.0808. The van der Waals surface area contributed by atoms with Gasteiger partial charge in [-0.15, -0.1) is 0 Å². The number of halogens is 1. The number of amides is 1. The number of rotatable bonds is 5. The van der Waals surface area contributed by atoms with Crippen LogP contribution in [0.15, 0.2) is 53.6 Å². The first-order valence-corrected chi connectivity index (χ1v) is 11.8. The minimum atomic E-state index is -3.89. The number of benzene rings is 2. The summed E-state index contributed by atoms with van der Waals surface area (Å²) in [5.41, 5.74) is 1.71. The third-order valence-corrected chi connectivity index (χ3v) is 7.21. The summed E-state index contributed by atoms with van der Waals surface area (Å²) in [5, 5.41) is 0.968. The molecular formula is C23H27ClN2O3S. The molecule has 0 aliphatic carbocycles. The van der Waals surface area contributed by atoms with E-state index >= 15 is 0 Å². The van der Waals surface area contributed by atoms with E-state index in [0.29, 0.717) is 34.6 Å². The third kappa shape index (κ3) is 3.98. The van der Waals surface area contributed by atoms with Crippen molar-refractivity contribution in [3.8, 4) is 0 Å². The lowest BCUT2D eigenvalue weighted by Gasteiger charge is -2.19. The molecule has 0 atom stereocenters. The van der Waals surface area contributed by atoms with Gasteiger partial charge in [0.05, 0.1) is 16.0 Å². The standard InChI is InChI=1S/C23H27ClN2O3S/c1-6-25(7-2)22(27)20-15-26(21-13-10-17(24)14-19(20)21)30(28,29)18-11-8-16(9-12-18)23(3,4)5/h8-15H,6-7H2,1-5H3. The molecule has 5 nitrogen and oxygen atoms in total. The maximum atomic E-state index is 13.4. The van der Waals surface area contributed by atoms with Crippen LogP contribution in [-0.4, -0.2) is 36.3 Å². The number of fused-ring (bicyclic) bond motifs is 1. The molecule has 2 aromatic carbocycles. The first-order chi connectivity index (χ1) is 14.0. The van der Waals surface area contributed by atoms with E-state index in [0.717, 1.165) is 5.56 Å². The Balaban J connectivity index is 2.19. The molecule has 0 bridgehead atoms. The topological polar surface area (TPSA) is 59.4 Å². The Kier molecular flexibility index (Phi) is 6.03. The van der Waals surface area contributed by atoms with Crippen LogP contribution < -0.4 is 0 Å². The van der Waals surface area contributed by atoms with Gasteiger partial charge in [0.1, 0.15) is 0 Å². The molecule has 0 N–H and O–H groups in total. The summed E-state index contributed by atoms with van der Waals surface area (Å²) in [6, 6.07) is 11.8. The lowest BCUT2D eigenvalue weighted by molar-refractivity contribution is 0.0775. The van der Waals surface area contributed by atoms with Crippen molar-refractivity contribution in [2.45, 2.75) is 44.9 Å². The monoisotopic (exact) mass is 446 g/mol. The van der Waals surface area contributed by atoms with Gasteiger partial charge in [-0.25, -0.2) is 12.4 Å². The minimum Gasteiger partial charge on any atom is -0.339 e. The highest BCUT2D eigenvalue weighted by atomic mass is 35.5. The number of hydrogen-bond acceptors (Lipinski definition) is 3. The lowest BCUT2D eigenvalue weighted by Crippen LogP contribution is -2.30. The Morgan fingerprint density at radius 1 is 1.03 bits per heavy atom. The largest absolute Gasteiger partial charge is 0.339 e. The molecule has 30 heavy (non-hydrogen) atoms. The Morgan fingerprint density at radius 3 is 2.17 bits per heavy atom. The fourth-order valence-electron chi connectivity index (χ4n) is 3.46. The summed E-state index contributed by atoms with van der Waals surface area (Å²) in [4.78, 5) is 14.9. The second-order valence-electron chi connectivity index (χ2n) is 8.26. The molecule has 0 saturated carbocycles. The maximum Gasteiger partial charge on any atom is 0.268 e. The molecular weight excluding hydrogens is 420 g/mol. The lowest BCUT2D eigenvalue weighted by atomic mass is 9.87. The summed E-state index contributed by atoms with van der Waals surface area (Å²) >= 11 is 6.16. The number of carbonyl (C=O) groups excluding carboxylic acids is 1. The van der Waals surface area contributed by atoms with Crippen molar-refractivity contribution in [3.63, 3.8) is 0 Å². The van der Waals surface area contributed by atoms with Crippen molar-refractivity contribution in [2.75, 3.05) is 13.1 Å². The molecule has 0 radical (unpaired) electrons. The van der Waals surface area contributed by atoms with Gasteiger partial charge < -0.3 is 4.90 Å². The maximum absolute atomic E-state index is 13.4. The average molecular weight is 447 g/mol. The van der Waals surface area contributed by atoms with Gasteiger partial charge in [-0.1, -0.05) is 44.5 Å². The van der Waals surface area contributed by atoms with E-state index in [-0.39, 0.29) is 16.2 Å². The van der Waals surface area contributed by atoms with E-state index in [1.807, 2.05) is 26.0 Å². The highest BCUT2D eigenvalue weighted by Crippen LogP contribution is 2.30. The van der Waals surface area contributed by atoms with Crippen LogP contribution in [0.2, 0.25) is 5.02 Å². The van der Waals surface area contributed by atoms with Crippen molar-refractivity contribution >= 4 is 38.4 Å². The molecule has 1 aromatic heterocycles. The van der Waals surface area contributed by atoms with Gasteiger partial charge in [0.15, 0.2) is 0 Å². The van der Waals surface area contributed by atoms with Crippen LogP contribution in [0.3, 0.4) is 0 Å². The van der Waals surface area contributed by atoms with Gasteiger partial charge in [0.2, 0.25) is 0 Å². The molecule has 3 aromatic rings. The summed E-state index contributed by atoms with van der Waals surface area (Å²) in [6.07, 6.45) is 1.41. The highest BCUT2D eigenvalue weighted by Gasteiger charge is 2.26. The second-order valence-corrected chi connectivity index (χ2v) is 10.5. The van der Waals surface area contributed by atoms with Crippen LogP contribution >= 0.6 is 11.6 Å². The van der Waals surface area contributed by atoms with Gasteiger partial charge in [-0.2, -0.15) is 0 Å². The second kappa shape index (κ2) is 8.08. The smallest absolute Gasteiger partial charge is 0.268 e. The normalized spacial score (nSPS) is 12.3.